The molecule has 0 radical (unpaired) electrons. The molecule has 9 heteroatoms. The molecule has 176 valence electrons. The van der Waals surface area contributed by atoms with E-state index in [4.69, 9.17) is 16.6 Å². The number of thioether (sulfide) groups is 1. The molecule has 1 aromatic carbocycles. The first kappa shape index (κ1) is 23.5. The van der Waals surface area contributed by atoms with Gasteiger partial charge in [-0.2, -0.15) is 0 Å². The Balaban J connectivity index is 1.46. The number of hydroxylamine groups is 2. The number of nitrogens with zero attached hydrogens (tertiary/aromatic N) is 5. The van der Waals surface area contributed by atoms with Gasteiger partial charge in [0.25, 0.3) is 0 Å². The van der Waals surface area contributed by atoms with Gasteiger partial charge in [0.1, 0.15) is 0 Å². The lowest BCUT2D eigenvalue weighted by molar-refractivity contribution is -0.675. The van der Waals surface area contributed by atoms with E-state index in [0.717, 1.165) is 50.9 Å². The minimum absolute atomic E-state index is 0.225. The van der Waals surface area contributed by atoms with Crippen LogP contribution in [-0.2, 0) is 12.3 Å². The van der Waals surface area contributed by atoms with Gasteiger partial charge >= 0.3 is 12.2 Å². The van der Waals surface area contributed by atoms with E-state index >= 15 is 0 Å². The van der Waals surface area contributed by atoms with E-state index in [1.807, 2.05) is 41.4 Å². The highest BCUT2D eigenvalue weighted by Crippen LogP contribution is 2.43. The smallest absolute Gasteiger partial charge is 0.315 e. The number of benzene rings is 1. The topological polar surface area (TPSA) is 92.7 Å². The van der Waals surface area contributed by atoms with Gasteiger partial charge in [0.15, 0.2) is 0 Å². The number of hydrogen-bond donors (Lipinski definition) is 1. The molecule has 35 heavy (non-hydrogen) atoms. The van der Waals surface area contributed by atoms with Gasteiger partial charge in [-0.15, -0.1) is 17.0 Å². The van der Waals surface area contributed by atoms with Gasteiger partial charge in [-0.1, -0.05) is 35.4 Å². The number of guanidine groups is 1. The molecule has 0 saturated carbocycles. The number of piperidine rings is 1. The minimum Gasteiger partial charge on any atom is -0.611 e. The SMILES string of the molecule is N#C[NH+]([O-])/C(=N\Cc1cccnc1)N1CCC(=C2c3ccc(Cl)cc3SCc3cccnc32)CC1. The molecule has 0 amide bonds. The van der Waals surface area contributed by atoms with E-state index in [1.54, 1.807) is 30.3 Å². The zero-order valence-electron chi connectivity index (χ0n) is 18.9. The van der Waals surface area contributed by atoms with Crippen LogP contribution in [0.15, 0.2) is 76.5 Å². The summed E-state index contributed by atoms with van der Waals surface area (Å²) >= 11 is 8.10. The van der Waals surface area contributed by atoms with E-state index in [2.05, 4.69) is 22.1 Å². The lowest BCUT2D eigenvalue weighted by Gasteiger charge is -2.32. The van der Waals surface area contributed by atoms with Crippen molar-refractivity contribution in [1.29, 1.82) is 5.26 Å². The van der Waals surface area contributed by atoms with E-state index in [1.165, 1.54) is 11.1 Å². The van der Waals surface area contributed by atoms with Gasteiger partial charge < -0.3 is 10.1 Å². The monoisotopic (exact) mass is 502 g/mol. The number of aliphatic imine (C=N–C) groups is 1. The maximum absolute atomic E-state index is 12.4. The molecule has 4 heterocycles. The third-order valence-corrected chi connectivity index (χ3v) is 7.52. The van der Waals surface area contributed by atoms with Crippen molar-refractivity contribution in [2.24, 2.45) is 4.99 Å². The highest BCUT2D eigenvalue weighted by Gasteiger charge is 2.28. The molecule has 2 aromatic heterocycles. The Morgan fingerprint density at radius 2 is 2.03 bits per heavy atom. The summed E-state index contributed by atoms with van der Waals surface area (Å²) in [7, 11) is 0. The largest absolute Gasteiger partial charge is 0.611 e. The Kier molecular flexibility index (Phi) is 7.11. The standard InChI is InChI=1S/C26H23ClN6OS/c27-21-5-6-22-23(13-21)35-16-20-4-2-10-30-25(20)24(22)19-7-11-32(12-8-19)26(33(34)17-28)31-15-18-3-1-9-29-14-18/h1-6,9-10,13-14,33H,7-8,11-12,15-16H2/b31-26-. The van der Waals surface area contributed by atoms with Crippen LogP contribution in [0.1, 0.15) is 35.2 Å². The van der Waals surface area contributed by atoms with Gasteiger partial charge in [-0.05, 0) is 53.8 Å². The predicted octanol–water partition coefficient (Wildman–Crippen LogP) is 4.05. The van der Waals surface area contributed by atoms with Crippen LogP contribution in [0.25, 0.3) is 5.57 Å². The number of hydrogen-bond acceptors (Lipinski definition) is 6. The number of halogens is 1. The van der Waals surface area contributed by atoms with Gasteiger partial charge in [-0.25, -0.2) is 10.1 Å². The molecule has 1 atom stereocenters. The number of pyridine rings is 2. The predicted molar refractivity (Wildman–Crippen MR) is 137 cm³/mol. The van der Waals surface area contributed by atoms with Crippen LogP contribution in [0.2, 0.25) is 5.02 Å². The third-order valence-electron chi connectivity index (χ3n) is 6.18. The average Bonchev–Trinajstić information content (AvgIpc) is 3.06. The normalized spacial score (nSPS) is 16.7. The second-order valence-corrected chi connectivity index (χ2v) is 9.80. The maximum Gasteiger partial charge on any atom is 0.315 e. The molecule has 0 bridgehead atoms. The zero-order chi connectivity index (χ0) is 24.2. The Bertz CT molecular complexity index is 1330. The summed E-state index contributed by atoms with van der Waals surface area (Å²) in [5, 5.41) is 21.9. The molecule has 1 fully saturated rings. The number of aromatic nitrogens is 2. The minimum atomic E-state index is -0.608. The molecule has 1 N–H and O–H groups in total. The molecule has 1 saturated heterocycles. The molecule has 5 rings (SSSR count). The van der Waals surface area contributed by atoms with Gasteiger partial charge in [-0.3, -0.25) is 9.97 Å². The average molecular weight is 503 g/mol. The Labute approximate surface area is 213 Å². The van der Waals surface area contributed by atoms with Crippen molar-refractivity contribution in [2.75, 3.05) is 13.1 Å². The molecular weight excluding hydrogens is 480 g/mol. The summed E-state index contributed by atoms with van der Waals surface area (Å²) in [5.74, 6) is 1.06. The number of rotatable bonds is 2. The summed E-state index contributed by atoms with van der Waals surface area (Å²) in [5.41, 5.74) is 6.72. The van der Waals surface area contributed by atoms with E-state index in [9.17, 15) is 10.5 Å². The van der Waals surface area contributed by atoms with Crippen LogP contribution < -0.4 is 5.06 Å². The molecule has 2 aliphatic heterocycles. The number of quaternary nitrogens is 1. The van der Waals surface area contributed by atoms with Crippen molar-refractivity contribution in [3.8, 4) is 6.19 Å². The number of nitrogens with one attached hydrogen (secondary N) is 1. The van der Waals surface area contributed by atoms with Gasteiger partial charge in [0.05, 0.1) is 12.2 Å². The third kappa shape index (κ3) is 5.09. The first-order valence-corrected chi connectivity index (χ1v) is 12.7. The summed E-state index contributed by atoms with van der Waals surface area (Å²) in [6, 6.07) is 13.9. The van der Waals surface area contributed by atoms with Crippen LogP contribution >= 0.6 is 23.4 Å². The fourth-order valence-corrected chi connectivity index (χ4v) is 5.82. The fourth-order valence-electron chi connectivity index (χ4n) is 4.50. The summed E-state index contributed by atoms with van der Waals surface area (Å²) in [6.07, 6.45) is 8.51. The van der Waals surface area contributed by atoms with Crippen molar-refractivity contribution in [2.45, 2.75) is 30.0 Å². The zero-order valence-corrected chi connectivity index (χ0v) is 20.5. The second kappa shape index (κ2) is 10.6. The van der Waals surface area contributed by atoms with Gasteiger partial charge in [0.2, 0.25) is 0 Å². The highest BCUT2D eigenvalue weighted by molar-refractivity contribution is 7.98. The van der Waals surface area contributed by atoms with Crippen LogP contribution in [-0.4, -0.2) is 33.9 Å². The molecule has 7 nitrogen and oxygen atoms in total. The van der Waals surface area contributed by atoms with Crippen molar-refractivity contribution in [1.82, 2.24) is 14.9 Å². The number of likely N-dealkylation sites (tertiary alicyclic amines) is 1. The number of nitriles is 1. The van der Waals surface area contributed by atoms with Gasteiger partial charge in [0, 0.05) is 52.9 Å². The molecule has 0 spiro atoms. The summed E-state index contributed by atoms with van der Waals surface area (Å²) in [6.45, 7) is 1.52. The molecular formula is C26H23ClN6OS. The molecule has 1 unspecified atom stereocenters. The Hall–Kier alpha value is -3.22. The summed E-state index contributed by atoms with van der Waals surface area (Å²) in [4.78, 5) is 16.5. The first-order valence-electron chi connectivity index (χ1n) is 11.4. The van der Waals surface area contributed by atoms with Crippen molar-refractivity contribution in [3.63, 3.8) is 0 Å². The quantitative estimate of drug-likeness (QED) is 0.246. The van der Waals surface area contributed by atoms with E-state index < -0.39 is 5.06 Å². The van der Waals surface area contributed by atoms with Crippen molar-refractivity contribution >= 4 is 34.9 Å². The van der Waals surface area contributed by atoms with E-state index in [0.29, 0.717) is 19.6 Å². The van der Waals surface area contributed by atoms with E-state index in [-0.39, 0.29) is 5.96 Å². The van der Waals surface area contributed by atoms with Crippen molar-refractivity contribution < 1.29 is 5.06 Å². The first-order chi connectivity index (χ1) is 17.1. The highest BCUT2D eigenvalue weighted by atomic mass is 35.5. The lowest BCUT2D eigenvalue weighted by Crippen LogP contribution is -3.08. The van der Waals surface area contributed by atoms with Crippen LogP contribution in [0, 0.1) is 16.7 Å². The molecule has 3 aromatic rings. The Morgan fingerprint density at radius 3 is 2.80 bits per heavy atom. The fraction of sp³-hybridized carbons (Fsp3) is 0.231. The second-order valence-electron chi connectivity index (χ2n) is 8.35. The summed E-state index contributed by atoms with van der Waals surface area (Å²) < 4.78 is 0. The maximum atomic E-state index is 12.4. The molecule has 0 aliphatic carbocycles. The lowest BCUT2D eigenvalue weighted by atomic mass is 9.89. The van der Waals surface area contributed by atoms with Crippen molar-refractivity contribution in [3.05, 3.63) is 99.2 Å². The van der Waals surface area contributed by atoms with Crippen LogP contribution in [0.4, 0.5) is 0 Å². The molecule has 2 aliphatic rings. The number of fused-ring (bicyclic) bond motifs is 2. The van der Waals surface area contributed by atoms with Crippen LogP contribution in [0.3, 0.4) is 0 Å². The Morgan fingerprint density at radius 1 is 1.20 bits per heavy atom. The van der Waals surface area contributed by atoms with Crippen LogP contribution in [0.5, 0.6) is 0 Å².